The number of nitrogens with one attached hydrogen (secondary N) is 2. The highest BCUT2D eigenvalue weighted by molar-refractivity contribution is 8.14. The van der Waals surface area contributed by atoms with E-state index in [0.717, 1.165) is 72.1 Å². The van der Waals surface area contributed by atoms with Crippen LogP contribution < -0.4 is 22.1 Å². The van der Waals surface area contributed by atoms with Gasteiger partial charge in [-0.3, -0.25) is 38.4 Å². The number of nitriles is 1. The van der Waals surface area contributed by atoms with Gasteiger partial charge in [-0.15, -0.1) is 12.6 Å². The van der Waals surface area contributed by atoms with Gasteiger partial charge in [0.05, 0.1) is 72.3 Å². The molecule has 4 aromatic rings. The quantitative estimate of drug-likeness (QED) is 0.0461. The summed E-state index contributed by atoms with van der Waals surface area (Å²) in [6.07, 6.45) is 14.7. The number of ether oxygens (including phenoxy) is 2. The third-order valence-corrected chi connectivity index (χ3v) is 24.0. The van der Waals surface area contributed by atoms with E-state index in [2.05, 4.69) is 49.3 Å². The Bertz CT molecular complexity index is 3780. The van der Waals surface area contributed by atoms with E-state index in [9.17, 15) is 53.8 Å². The molecule has 21 nitrogen and oxygen atoms in total. The number of aromatic nitrogens is 4. The zero-order valence-electron chi connectivity index (χ0n) is 52.3. The number of amides is 4. The molecule has 2 aromatic heterocycles. The van der Waals surface area contributed by atoms with Crippen molar-refractivity contribution in [3.63, 3.8) is 0 Å². The molecule has 0 unspecified atom stereocenters. The Hall–Kier alpha value is -7.39. The van der Waals surface area contributed by atoms with Gasteiger partial charge >= 0.3 is 11.9 Å². The van der Waals surface area contributed by atoms with Gasteiger partial charge in [-0.25, -0.2) is 9.36 Å². The van der Waals surface area contributed by atoms with Crippen LogP contribution in [0.5, 0.6) is 0 Å². The molecule has 482 valence electrons. The van der Waals surface area contributed by atoms with Crippen LogP contribution in [0.3, 0.4) is 0 Å². The highest BCUT2D eigenvalue weighted by atomic mass is 32.2. The summed E-state index contributed by atoms with van der Waals surface area (Å²) in [5.41, 5.74) is 14.3. The molecule has 0 spiro atoms. The Kier molecular flexibility index (Phi) is 17.6. The Morgan fingerprint density at radius 2 is 1.11 bits per heavy atom. The highest BCUT2D eigenvalue weighted by Gasteiger charge is 2.72. The largest absolute Gasteiger partial charge is 0.449 e. The van der Waals surface area contributed by atoms with Crippen LogP contribution in [0.1, 0.15) is 162 Å². The molecule has 14 atom stereocenters. The van der Waals surface area contributed by atoms with Crippen LogP contribution >= 0.6 is 24.4 Å². The van der Waals surface area contributed by atoms with Crippen molar-refractivity contribution in [3.05, 3.63) is 106 Å². The van der Waals surface area contributed by atoms with Gasteiger partial charge in [0.1, 0.15) is 0 Å². The van der Waals surface area contributed by atoms with E-state index in [4.69, 9.17) is 31.1 Å². The Labute approximate surface area is 538 Å². The molecule has 6 fully saturated rings. The summed E-state index contributed by atoms with van der Waals surface area (Å²) >= 11 is 5.15. The highest BCUT2D eigenvalue weighted by Crippen LogP contribution is 2.71. The topological polar surface area (TPSA) is 331 Å². The molecule has 6 saturated carbocycles. The van der Waals surface area contributed by atoms with Crippen LogP contribution in [0, 0.1) is 68.5 Å². The maximum absolute atomic E-state index is 13.8. The average Bonchev–Trinajstić information content (AvgIpc) is 1.64. The molecule has 8 N–H and O–H groups in total. The van der Waals surface area contributed by atoms with E-state index in [1.807, 2.05) is 53.8 Å². The first kappa shape index (κ1) is 65.1. The van der Waals surface area contributed by atoms with Crippen LogP contribution in [-0.2, 0) is 51.1 Å². The van der Waals surface area contributed by atoms with E-state index >= 15 is 0 Å². The molecule has 23 heteroatoms. The summed E-state index contributed by atoms with van der Waals surface area (Å²) in [7, 11) is 0. The van der Waals surface area contributed by atoms with Crippen molar-refractivity contribution in [1.29, 1.82) is 5.26 Å². The number of aliphatic hydroxyl groups excluding tert-OH is 2. The average molecular weight is 1280 g/mol. The fourth-order valence-electron chi connectivity index (χ4n) is 18.7. The fraction of sp³-hybridized carbons (Fsp3) is 0.544. The molecule has 91 heavy (non-hydrogen) atoms. The van der Waals surface area contributed by atoms with Crippen LogP contribution in [-0.4, -0.2) is 118 Å². The number of carbonyl (C=O) groups excluding carboxylic acids is 8. The van der Waals surface area contributed by atoms with E-state index in [1.54, 1.807) is 50.2 Å². The monoisotopic (exact) mass is 1280 g/mol. The number of carbonyl (C=O) groups is 8. The molecule has 0 bridgehead atoms. The van der Waals surface area contributed by atoms with E-state index < -0.39 is 74.9 Å². The van der Waals surface area contributed by atoms with Gasteiger partial charge in [0.2, 0.25) is 22.0 Å². The molecule has 8 aliphatic rings. The summed E-state index contributed by atoms with van der Waals surface area (Å²) in [6.45, 7) is 11.4. The van der Waals surface area contributed by atoms with Crippen molar-refractivity contribution in [2.24, 2.45) is 68.6 Å². The maximum atomic E-state index is 13.8. The van der Waals surface area contributed by atoms with E-state index in [0.29, 0.717) is 61.8 Å². The lowest BCUT2D eigenvalue weighted by Gasteiger charge is -2.60. The van der Waals surface area contributed by atoms with Crippen molar-refractivity contribution in [3.8, 4) is 17.4 Å². The van der Waals surface area contributed by atoms with Crippen molar-refractivity contribution < 1.29 is 58.0 Å². The van der Waals surface area contributed by atoms with Crippen molar-refractivity contribution >= 4 is 82.3 Å². The second-order valence-electron chi connectivity index (χ2n) is 27.3. The Morgan fingerprint density at radius 3 is 1.53 bits per heavy atom. The molecule has 12 rings (SSSR count). The van der Waals surface area contributed by atoms with Crippen LogP contribution in [0.15, 0.2) is 72.1 Å². The number of benzene rings is 2. The first-order chi connectivity index (χ1) is 43.2. The minimum Gasteiger partial charge on any atom is -0.449 e. The summed E-state index contributed by atoms with van der Waals surface area (Å²) in [5, 5.41) is 46.9. The third kappa shape index (κ3) is 10.8. The van der Waals surface area contributed by atoms with Gasteiger partial charge in [-0.2, -0.15) is 15.5 Å². The zero-order chi connectivity index (χ0) is 65.3. The SMILES string of the molecule is CCC(=O)O[C@]1(C(=O)S)CC[C@H]2[C@@H]3CCC4=Cc5c(cnn5-c5cccc(C(=O)NCC(N)=O)c5)C[C@]4(C)[C@H]3[C@@H](O)C[C@@]21C.CCC(=O)O[C@]1(C(=O)SCC#N)CC[C@H]2[C@@H]3CCC4=Cc5c(cnn5-c5cccc(C(=O)NCC(N)=O)c5)C[C@]4(C)[C@H]3[C@@H](O)C[C@@]21C. The second kappa shape index (κ2) is 24.6. The van der Waals surface area contributed by atoms with Crippen LogP contribution in [0.2, 0.25) is 0 Å². The van der Waals surface area contributed by atoms with Crippen LogP contribution in [0.25, 0.3) is 23.5 Å². The minimum atomic E-state index is -1.37. The molecule has 2 heterocycles. The minimum absolute atomic E-state index is 0.0192. The fourth-order valence-corrected chi connectivity index (χ4v) is 19.9. The number of hydrogen-bond donors (Lipinski definition) is 7. The van der Waals surface area contributed by atoms with Crippen molar-refractivity contribution in [2.75, 3.05) is 18.8 Å². The molecular formula is C68H81N9O12S2. The number of aliphatic hydroxyl groups is 2. The summed E-state index contributed by atoms with van der Waals surface area (Å²) in [5.74, 6) is -2.54. The van der Waals surface area contributed by atoms with Gasteiger partial charge in [0.25, 0.3) is 11.8 Å². The number of primary amides is 2. The molecule has 2 aromatic carbocycles. The number of thiol groups is 1. The molecule has 0 radical (unpaired) electrons. The number of nitrogens with two attached hydrogens (primary N) is 2. The number of esters is 2. The number of allylic oxidation sites excluding steroid dienone is 2. The van der Waals surface area contributed by atoms with E-state index in [-0.39, 0.29) is 83.1 Å². The lowest BCUT2D eigenvalue weighted by atomic mass is 9.45. The lowest BCUT2D eigenvalue weighted by molar-refractivity contribution is -0.196. The van der Waals surface area contributed by atoms with Gasteiger partial charge in [-0.05, 0) is 183 Å². The predicted octanol–water partition coefficient (Wildman–Crippen LogP) is 7.10. The summed E-state index contributed by atoms with van der Waals surface area (Å²) < 4.78 is 15.7. The molecule has 8 aliphatic carbocycles. The van der Waals surface area contributed by atoms with Crippen molar-refractivity contribution in [2.45, 2.75) is 155 Å². The van der Waals surface area contributed by atoms with E-state index in [1.165, 1.54) is 11.1 Å². The smallest absolute Gasteiger partial charge is 0.306 e. The number of rotatable bonds is 15. The van der Waals surface area contributed by atoms with Gasteiger partial charge < -0.3 is 41.8 Å². The number of fused-ring (bicyclic) bond motifs is 12. The van der Waals surface area contributed by atoms with Crippen LogP contribution in [0.4, 0.5) is 0 Å². The standard InChI is InChI=1S/C35H41N5O6S.C33H40N4O6S/c1-4-29(43)46-35(32(45)47-13-12-36)11-10-25-24-9-8-22-15-26-21(16-33(22,2)30(24)27(41)17-34(25,35)3)18-39-40(26)23-7-5-6-20(14-23)31(44)38-19-28(37)42;1-4-27(40)43-33(30(42)44)11-10-23-22-9-8-20-13-24-19(14-31(20,2)28(22)25(38)15-32(23,33)3)16-36-37(24)21-7-5-6-18(12-21)29(41)35-17-26(34)39/h5-7,14-15,18,24-25,27,30,41H,4,8-11,13,16-17,19H2,1-3H3,(H2,37,42)(H,38,44);5-7,12-13,16,22-23,25,28,38H,4,8-11,14-15,17H2,1-3H3,(H2,34,39)(H,35,41)(H,42,44)/t24-,25-,27-,30+,33-,34-,35-;22-,23-,25-,28+,31-,32-,33-/m00/s1. The maximum Gasteiger partial charge on any atom is 0.306 e. The number of hydrogen-bond acceptors (Lipinski definition) is 16. The summed E-state index contributed by atoms with van der Waals surface area (Å²) in [6, 6.07) is 16.1. The lowest BCUT2D eigenvalue weighted by Crippen LogP contribution is -2.62. The molecule has 0 aliphatic heterocycles. The van der Waals surface area contributed by atoms with Gasteiger partial charge in [0.15, 0.2) is 11.2 Å². The molecule has 0 saturated heterocycles. The molecular weight excluding hydrogens is 1200 g/mol. The second-order valence-corrected chi connectivity index (χ2v) is 28.7. The van der Waals surface area contributed by atoms with Gasteiger partial charge in [-0.1, -0.05) is 76.6 Å². The molecule has 4 amide bonds. The number of thioether (sulfide) groups is 1. The Balaban J connectivity index is 0.000000187. The predicted molar refractivity (Wildman–Crippen MR) is 340 cm³/mol. The first-order valence-corrected chi connectivity index (χ1v) is 33.1. The normalized spacial score (nSPS) is 32.8. The first-order valence-electron chi connectivity index (χ1n) is 31.7. The third-order valence-electron chi connectivity index (χ3n) is 22.7. The Morgan fingerprint density at radius 1 is 0.681 bits per heavy atom. The van der Waals surface area contributed by atoms with Gasteiger partial charge in [0, 0.05) is 34.8 Å². The number of nitrogens with zero attached hydrogens (tertiary/aromatic N) is 5. The zero-order valence-corrected chi connectivity index (χ0v) is 54.0. The van der Waals surface area contributed by atoms with Crippen molar-refractivity contribution in [1.82, 2.24) is 30.2 Å². The summed E-state index contributed by atoms with van der Waals surface area (Å²) in [4.78, 5) is 99.5.